The highest BCUT2D eigenvalue weighted by molar-refractivity contribution is 6.83. The first-order valence-corrected chi connectivity index (χ1v) is 8.88. The molecule has 5 heteroatoms. The number of hydrogen-bond donors (Lipinski definition) is 0. The van der Waals surface area contributed by atoms with Crippen LogP contribution in [-0.4, -0.2) is 8.07 Å². The minimum absolute atomic E-state index is 0.240. The summed E-state index contributed by atoms with van der Waals surface area (Å²) in [4.78, 5) is 0. The molecule has 0 aromatic heterocycles. The smallest absolute Gasteiger partial charge is 0.166 e. The molecule has 1 rings (SSSR count). The lowest BCUT2D eigenvalue weighted by Gasteiger charge is -2.10. The topological polar surface area (TPSA) is 0 Å². The zero-order chi connectivity index (χ0) is 13.3. The van der Waals surface area contributed by atoms with Crippen LogP contribution >= 0.6 is 11.6 Å². The van der Waals surface area contributed by atoms with Gasteiger partial charge in [-0.2, -0.15) is 13.2 Å². The van der Waals surface area contributed by atoms with Crippen molar-refractivity contribution in [3.05, 3.63) is 34.3 Å². The number of halogens is 4. The van der Waals surface area contributed by atoms with Crippen molar-refractivity contribution in [1.82, 2.24) is 0 Å². The molecular weight excluding hydrogens is 265 g/mol. The summed E-state index contributed by atoms with van der Waals surface area (Å²) in [5, 5.41) is -0.314. The highest BCUT2D eigenvalue weighted by Crippen LogP contribution is 2.35. The Hall–Kier alpha value is -0.923. The summed E-state index contributed by atoms with van der Waals surface area (Å²) in [7, 11) is -1.63. The van der Waals surface area contributed by atoms with Gasteiger partial charge in [0, 0.05) is 5.56 Å². The fraction of sp³-hybridized carbons (Fsp3) is 0.333. The third kappa shape index (κ3) is 4.10. The van der Waals surface area contributed by atoms with Crippen LogP contribution in [0, 0.1) is 11.5 Å². The van der Waals surface area contributed by atoms with Crippen molar-refractivity contribution in [3.63, 3.8) is 0 Å². The van der Waals surface area contributed by atoms with Crippen molar-refractivity contribution >= 4 is 19.7 Å². The second kappa shape index (κ2) is 4.75. The fourth-order valence-electron chi connectivity index (χ4n) is 1.10. The van der Waals surface area contributed by atoms with E-state index < -0.39 is 19.8 Å². The largest absolute Gasteiger partial charge is 0.417 e. The molecule has 0 nitrogen and oxygen atoms in total. The molecule has 0 saturated carbocycles. The van der Waals surface area contributed by atoms with Gasteiger partial charge in [0.05, 0.1) is 10.6 Å². The van der Waals surface area contributed by atoms with Gasteiger partial charge in [-0.1, -0.05) is 43.2 Å². The summed E-state index contributed by atoms with van der Waals surface area (Å²) < 4.78 is 37.7. The van der Waals surface area contributed by atoms with Crippen molar-refractivity contribution in [1.29, 1.82) is 0 Å². The first-order valence-electron chi connectivity index (χ1n) is 5.00. The summed E-state index contributed by atoms with van der Waals surface area (Å²) >= 11 is 5.72. The Morgan fingerprint density at radius 3 is 2.24 bits per heavy atom. The van der Waals surface area contributed by atoms with Gasteiger partial charge < -0.3 is 0 Å². The minimum atomic E-state index is -4.44. The number of rotatable bonds is 0. The van der Waals surface area contributed by atoms with Crippen molar-refractivity contribution in [2.45, 2.75) is 25.8 Å². The van der Waals surface area contributed by atoms with E-state index in [1.807, 2.05) is 19.6 Å². The van der Waals surface area contributed by atoms with Crippen LogP contribution in [0.4, 0.5) is 13.2 Å². The first kappa shape index (κ1) is 14.1. The summed E-state index contributed by atoms with van der Waals surface area (Å²) in [6.45, 7) is 6.05. The molecule has 0 N–H and O–H groups in total. The van der Waals surface area contributed by atoms with Crippen LogP contribution in [0.25, 0.3) is 0 Å². The maximum atomic E-state index is 12.6. The maximum Gasteiger partial charge on any atom is 0.417 e. The molecule has 0 bridgehead atoms. The quantitative estimate of drug-likeness (QED) is 0.480. The van der Waals surface area contributed by atoms with Crippen molar-refractivity contribution in [3.8, 4) is 11.5 Å². The van der Waals surface area contributed by atoms with E-state index in [0.717, 1.165) is 6.07 Å². The normalized spacial score (nSPS) is 11.9. The van der Waals surface area contributed by atoms with Gasteiger partial charge in [-0.3, -0.25) is 0 Å². The van der Waals surface area contributed by atoms with Crippen molar-refractivity contribution in [2.24, 2.45) is 0 Å². The monoisotopic (exact) mass is 276 g/mol. The lowest BCUT2D eigenvalue weighted by Crippen LogP contribution is -2.16. The second-order valence-corrected chi connectivity index (χ2v) is 9.79. The van der Waals surface area contributed by atoms with Gasteiger partial charge in [0.15, 0.2) is 0 Å². The lowest BCUT2D eigenvalue weighted by molar-refractivity contribution is -0.137. The zero-order valence-corrected chi connectivity index (χ0v) is 11.5. The molecule has 0 saturated heterocycles. The van der Waals surface area contributed by atoms with Crippen LogP contribution in [0.2, 0.25) is 24.7 Å². The molecule has 0 fully saturated rings. The van der Waals surface area contributed by atoms with E-state index in [4.69, 9.17) is 11.6 Å². The van der Waals surface area contributed by atoms with Crippen LogP contribution < -0.4 is 0 Å². The Balaban J connectivity index is 3.24. The zero-order valence-electron chi connectivity index (χ0n) is 9.74. The number of alkyl halides is 3. The number of benzene rings is 1. The van der Waals surface area contributed by atoms with Crippen molar-refractivity contribution < 1.29 is 13.2 Å². The van der Waals surface area contributed by atoms with Gasteiger partial charge in [0.1, 0.15) is 8.07 Å². The Morgan fingerprint density at radius 2 is 1.76 bits per heavy atom. The van der Waals surface area contributed by atoms with E-state index in [1.54, 1.807) is 0 Å². The molecule has 0 unspecified atom stereocenters. The third-order valence-corrected chi connectivity index (χ3v) is 3.16. The molecule has 0 aliphatic carbocycles. The Morgan fingerprint density at radius 1 is 1.18 bits per heavy atom. The molecule has 17 heavy (non-hydrogen) atoms. The minimum Gasteiger partial charge on any atom is -0.166 e. The van der Waals surface area contributed by atoms with E-state index in [-0.39, 0.29) is 10.6 Å². The van der Waals surface area contributed by atoms with Gasteiger partial charge in [-0.15, -0.1) is 5.54 Å². The predicted molar refractivity (Wildman–Crippen MR) is 66.7 cm³/mol. The molecule has 1 aromatic carbocycles. The van der Waals surface area contributed by atoms with Crippen LogP contribution in [0.5, 0.6) is 0 Å². The van der Waals surface area contributed by atoms with Gasteiger partial charge >= 0.3 is 6.18 Å². The van der Waals surface area contributed by atoms with Gasteiger partial charge in [0.25, 0.3) is 0 Å². The summed E-state index contributed by atoms with van der Waals surface area (Å²) in [6, 6.07) is 3.79. The van der Waals surface area contributed by atoms with E-state index in [2.05, 4.69) is 11.5 Å². The van der Waals surface area contributed by atoms with E-state index in [9.17, 15) is 13.2 Å². The Kier molecular flexibility index (Phi) is 3.95. The van der Waals surface area contributed by atoms with Crippen LogP contribution in [-0.2, 0) is 6.18 Å². The third-order valence-electron chi connectivity index (χ3n) is 1.88. The number of hydrogen-bond acceptors (Lipinski definition) is 0. The molecule has 0 aliphatic rings. The summed E-state index contributed by atoms with van der Waals surface area (Å²) in [5.41, 5.74) is 2.40. The highest BCUT2D eigenvalue weighted by atomic mass is 35.5. The maximum absolute atomic E-state index is 12.6. The first-order chi connectivity index (χ1) is 7.61. The lowest BCUT2D eigenvalue weighted by atomic mass is 10.1. The molecule has 0 amide bonds. The summed E-state index contributed by atoms with van der Waals surface area (Å²) in [5.74, 6) is 2.75. The van der Waals surface area contributed by atoms with Gasteiger partial charge in [-0.25, -0.2) is 0 Å². The van der Waals surface area contributed by atoms with E-state index in [1.165, 1.54) is 12.1 Å². The van der Waals surface area contributed by atoms with Gasteiger partial charge in [-0.05, 0) is 12.1 Å². The van der Waals surface area contributed by atoms with Crippen molar-refractivity contribution in [2.75, 3.05) is 0 Å². The SMILES string of the molecule is C[Si](C)(C)C#Cc1cccc(C(F)(F)F)c1Cl. The molecule has 0 radical (unpaired) electrons. The molecule has 0 heterocycles. The Bertz CT molecular complexity index is 475. The molecular formula is C12H12ClF3Si. The average Bonchev–Trinajstić information content (AvgIpc) is 2.13. The summed E-state index contributed by atoms with van der Waals surface area (Å²) in [6.07, 6.45) is -4.44. The average molecular weight is 277 g/mol. The van der Waals surface area contributed by atoms with Crippen LogP contribution in [0.3, 0.4) is 0 Å². The molecule has 0 spiro atoms. The second-order valence-electron chi connectivity index (χ2n) is 4.66. The van der Waals surface area contributed by atoms with Gasteiger partial charge in [0.2, 0.25) is 0 Å². The molecule has 1 aromatic rings. The van der Waals surface area contributed by atoms with Crippen LogP contribution in [0.1, 0.15) is 11.1 Å². The fourth-order valence-corrected chi connectivity index (χ4v) is 1.89. The van der Waals surface area contributed by atoms with E-state index >= 15 is 0 Å². The molecule has 92 valence electrons. The molecule has 0 atom stereocenters. The standard InChI is InChI=1S/C12H12ClF3Si/c1-17(2,3)8-7-9-5-4-6-10(11(9)13)12(14,15)16/h4-6H,1-3H3. The van der Waals surface area contributed by atoms with E-state index in [0.29, 0.717) is 0 Å². The Labute approximate surface area is 105 Å². The highest BCUT2D eigenvalue weighted by Gasteiger charge is 2.33. The predicted octanol–water partition coefficient (Wildman–Crippen LogP) is 4.59. The van der Waals surface area contributed by atoms with Crippen LogP contribution in [0.15, 0.2) is 18.2 Å². The molecule has 0 aliphatic heterocycles.